The number of likely N-dealkylation sites (tertiary alicyclic amines) is 1. The summed E-state index contributed by atoms with van der Waals surface area (Å²) < 4.78 is 0. The normalized spacial score (nSPS) is 27.4. The van der Waals surface area contributed by atoms with Crippen LogP contribution >= 0.6 is 0 Å². The van der Waals surface area contributed by atoms with Gasteiger partial charge in [-0.2, -0.15) is 0 Å². The minimum atomic E-state index is 0.328. The van der Waals surface area contributed by atoms with Crippen molar-refractivity contribution in [1.82, 2.24) is 4.90 Å². The van der Waals surface area contributed by atoms with Gasteiger partial charge in [-0.25, -0.2) is 0 Å². The first-order valence-electron chi connectivity index (χ1n) is 7.11. The summed E-state index contributed by atoms with van der Waals surface area (Å²) in [7, 11) is 0. The maximum absolute atomic E-state index is 5.94. The van der Waals surface area contributed by atoms with E-state index >= 15 is 0 Å². The second kappa shape index (κ2) is 7.29. The molecule has 0 spiro atoms. The van der Waals surface area contributed by atoms with E-state index in [1.54, 1.807) is 0 Å². The lowest BCUT2D eigenvalue weighted by Crippen LogP contribution is -2.36. The molecule has 1 fully saturated rings. The molecule has 3 atom stereocenters. The standard InChI is InChI=1S/C14H30N2/c1-4-6-14-7-5-9-16(10-8-14)11-12(2)13(3)15/h12-14H,4-11,15H2,1-3H3. The van der Waals surface area contributed by atoms with Crippen molar-refractivity contribution >= 4 is 0 Å². The Morgan fingerprint density at radius 1 is 1.25 bits per heavy atom. The Balaban J connectivity index is 2.29. The average Bonchev–Trinajstić information content (AvgIpc) is 2.44. The average molecular weight is 226 g/mol. The Bertz CT molecular complexity index is 180. The van der Waals surface area contributed by atoms with Crippen LogP contribution in [0.1, 0.15) is 52.9 Å². The summed E-state index contributed by atoms with van der Waals surface area (Å²) in [5.74, 6) is 1.61. The third-order valence-electron chi connectivity index (χ3n) is 4.08. The zero-order valence-electron chi connectivity index (χ0n) is 11.4. The zero-order valence-corrected chi connectivity index (χ0v) is 11.4. The van der Waals surface area contributed by atoms with E-state index in [4.69, 9.17) is 5.73 Å². The molecule has 0 radical (unpaired) electrons. The second-order valence-corrected chi connectivity index (χ2v) is 5.72. The van der Waals surface area contributed by atoms with Gasteiger partial charge in [0.25, 0.3) is 0 Å². The maximum Gasteiger partial charge on any atom is 0.00483 e. The lowest BCUT2D eigenvalue weighted by Gasteiger charge is -2.26. The third-order valence-corrected chi connectivity index (χ3v) is 4.08. The largest absolute Gasteiger partial charge is 0.328 e. The number of nitrogens with two attached hydrogens (primary N) is 1. The lowest BCUT2D eigenvalue weighted by molar-refractivity contribution is 0.229. The van der Waals surface area contributed by atoms with Crippen molar-refractivity contribution in [2.75, 3.05) is 19.6 Å². The molecule has 0 aromatic rings. The van der Waals surface area contributed by atoms with E-state index in [0.717, 1.165) is 5.92 Å². The summed E-state index contributed by atoms with van der Waals surface area (Å²) in [6, 6.07) is 0.328. The van der Waals surface area contributed by atoms with E-state index in [2.05, 4.69) is 25.7 Å². The monoisotopic (exact) mass is 226 g/mol. The van der Waals surface area contributed by atoms with Crippen LogP contribution in [0.5, 0.6) is 0 Å². The van der Waals surface area contributed by atoms with Crippen molar-refractivity contribution in [3.63, 3.8) is 0 Å². The van der Waals surface area contributed by atoms with Crippen LogP contribution in [0.2, 0.25) is 0 Å². The molecule has 1 saturated heterocycles. The number of rotatable bonds is 5. The van der Waals surface area contributed by atoms with Crippen LogP contribution in [0.25, 0.3) is 0 Å². The summed E-state index contributed by atoms with van der Waals surface area (Å²) in [5.41, 5.74) is 5.94. The highest BCUT2D eigenvalue weighted by atomic mass is 15.1. The van der Waals surface area contributed by atoms with Crippen molar-refractivity contribution in [2.24, 2.45) is 17.6 Å². The van der Waals surface area contributed by atoms with Crippen molar-refractivity contribution in [2.45, 2.75) is 58.9 Å². The molecule has 1 aliphatic rings. The molecular weight excluding hydrogens is 196 g/mol. The molecule has 0 aromatic heterocycles. The van der Waals surface area contributed by atoms with Crippen LogP contribution in [0, 0.1) is 11.8 Å². The number of nitrogens with zero attached hydrogens (tertiary/aromatic N) is 1. The molecule has 16 heavy (non-hydrogen) atoms. The van der Waals surface area contributed by atoms with E-state index in [1.807, 2.05) is 0 Å². The molecule has 1 aliphatic heterocycles. The summed E-state index contributed by atoms with van der Waals surface area (Å²) in [6.07, 6.45) is 7.00. The molecule has 2 N–H and O–H groups in total. The summed E-state index contributed by atoms with van der Waals surface area (Å²) >= 11 is 0. The topological polar surface area (TPSA) is 29.3 Å². The Morgan fingerprint density at radius 3 is 2.62 bits per heavy atom. The van der Waals surface area contributed by atoms with Crippen molar-refractivity contribution in [3.8, 4) is 0 Å². The zero-order chi connectivity index (χ0) is 12.0. The summed E-state index contributed by atoms with van der Waals surface area (Å²) in [4.78, 5) is 2.63. The molecule has 2 heteroatoms. The molecule has 0 aliphatic carbocycles. The number of hydrogen-bond donors (Lipinski definition) is 1. The molecule has 3 unspecified atom stereocenters. The highest BCUT2D eigenvalue weighted by molar-refractivity contribution is 4.74. The molecule has 0 saturated carbocycles. The second-order valence-electron chi connectivity index (χ2n) is 5.72. The molecule has 0 aromatic carbocycles. The van der Waals surface area contributed by atoms with Crippen LogP contribution < -0.4 is 5.73 Å². The van der Waals surface area contributed by atoms with E-state index < -0.39 is 0 Å². The molecule has 0 bridgehead atoms. The van der Waals surface area contributed by atoms with Gasteiger partial charge in [0.15, 0.2) is 0 Å². The predicted octanol–water partition coefficient (Wildman–Crippen LogP) is 2.87. The predicted molar refractivity (Wildman–Crippen MR) is 71.5 cm³/mol. The van der Waals surface area contributed by atoms with Crippen LogP contribution in [0.15, 0.2) is 0 Å². The van der Waals surface area contributed by atoms with Crippen LogP contribution in [-0.2, 0) is 0 Å². The van der Waals surface area contributed by atoms with E-state index in [1.165, 1.54) is 51.7 Å². The van der Waals surface area contributed by atoms with Gasteiger partial charge in [0, 0.05) is 12.6 Å². The first-order chi connectivity index (χ1) is 7.63. The SMILES string of the molecule is CCCC1CCCN(CC(C)C(C)N)CC1. The molecule has 0 amide bonds. The van der Waals surface area contributed by atoms with Gasteiger partial charge >= 0.3 is 0 Å². The maximum atomic E-state index is 5.94. The van der Waals surface area contributed by atoms with Crippen molar-refractivity contribution < 1.29 is 0 Å². The van der Waals surface area contributed by atoms with Crippen molar-refractivity contribution in [1.29, 1.82) is 0 Å². The first-order valence-corrected chi connectivity index (χ1v) is 7.11. The highest BCUT2D eigenvalue weighted by Crippen LogP contribution is 2.22. The summed E-state index contributed by atoms with van der Waals surface area (Å²) in [5, 5.41) is 0. The van der Waals surface area contributed by atoms with Crippen LogP contribution in [0.3, 0.4) is 0 Å². The van der Waals surface area contributed by atoms with Gasteiger partial charge in [-0.1, -0.05) is 26.7 Å². The Hall–Kier alpha value is -0.0800. The van der Waals surface area contributed by atoms with Crippen molar-refractivity contribution in [3.05, 3.63) is 0 Å². The number of hydrogen-bond acceptors (Lipinski definition) is 2. The minimum Gasteiger partial charge on any atom is -0.328 e. The van der Waals surface area contributed by atoms with Gasteiger partial charge in [0.2, 0.25) is 0 Å². The Morgan fingerprint density at radius 2 is 2.00 bits per heavy atom. The fourth-order valence-corrected chi connectivity index (χ4v) is 2.68. The van der Waals surface area contributed by atoms with Gasteiger partial charge < -0.3 is 10.6 Å². The van der Waals surface area contributed by atoms with Gasteiger partial charge in [-0.15, -0.1) is 0 Å². The van der Waals surface area contributed by atoms with E-state index in [-0.39, 0.29) is 0 Å². The van der Waals surface area contributed by atoms with Crippen LogP contribution in [-0.4, -0.2) is 30.6 Å². The lowest BCUT2D eigenvalue weighted by atomic mass is 9.96. The Kier molecular flexibility index (Phi) is 6.37. The molecule has 2 nitrogen and oxygen atoms in total. The quantitative estimate of drug-likeness (QED) is 0.781. The van der Waals surface area contributed by atoms with E-state index in [0.29, 0.717) is 12.0 Å². The fraction of sp³-hybridized carbons (Fsp3) is 1.00. The minimum absolute atomic E-state index is 0.328. The molecule has 1 rings (SSSR count). The van der Waals surface area contributed by atoms with E-state index in [9.17, 15) is 0 Å². The van der Waals surface area contributed by atoms with Gasteiger partial charge in [0.05, 0.1) is 0 Å². The third kappa shape index (κ3) is 4.84. The smallest absolute Gasteiger partial charge is 0.00483 e. The molecule has 96 valence electrons. The fourth-order valence-electron chi connectivity index (χ4n) is 2.68. The molecule has 1 heterocycles. The van der Waals surface area contributed by atoms with Gasteiger partial charge in [-0.05, 0) is 51.1 Å². The highest BCUT2D eigenvalue weighted by Gasteiger charge is 2.18. The summed E-state index contributed by atoms with van der Waals surface area (Å²) in [6.45, 7) is 10.5. The van der Waals surface area contributed by atoms with Crippen LogP contribution in [0.4, 0.5) is 0 Å². The Labute approximate surface area is 102 Å². The molecular formula is C14H30N2. The van der Waals surface area contributed by atoms with Gasteiger partial charge in [-0.3, -0.25) is 0 Å². The van der Waals surface area contributed by atoms with Gasteiger partial charge in [0.1, 0.15) is 0 Å². The first kappa shape index (κ1) is 14.0.